The zero-order chi connectivity index (χ0) is 12.7. The lowest BCUT2D eigenvalue weighted by atomic mass is 9.78. The van der Waals surface area contributed by atoms with Crippen LogP contribution in [0.3, 0.4) is 0 Å². The summed E-state index contributed by atoms with van der Waals surface area (Å²) in [5, 5.41) is 20.1. The maximum absolute atomic E-state index is 11.8. The summed E-state index contributed by atoms with van der Waals surface area (Å²) in [6.07, 6.45) is 4.07. The predicted octanol–water partition coefficient (Wildman–Crippen LogP) is 1.30. The number of nitrogens with zero attached hydrogens (tertiary/aromatic N) is 1. The molecule has 0 spiro atoms. The molecule has 1 rings (SSSR count). The van der Waals surface area contributed by atoms with Crippen molar-refractivity contribution < 1.29 is 14.7 Å². The number of carbonyl (C=O) groups is 2. The van der Waals surface area contributed by atoms with Crippen LogP contribution in [0.25, 0.3) is 0 Å². The molecule has 94 valence electrons. The van der Waals surface area contributed by atoms with Gasteiger partial charge in [-0.3, -0.25) is 9.59 Å². The van der Waals surface area contributed by atoms with Crippen molar-refractivity contribution in [3.05, 3.63) is 0 Å². The molecule has 0 heterocycles. The molecule has 1 aliphatic carbocycles. The van der Waals surface area contributed by atoms with Gasteiger partial charge in [0.05, 0.1) is 17.9 Å². The van der Waals surface area contributed by atoms with Crippen LogP contribution in [0.2, 0.25) is 0 Å². The second-order valence-corrected chi connectivity index (χ2v) is 4.39. The SMILES string of the molecule is N#CCCCNC(=O)C1CCCCC1C(=O)O. The standard InChI is InChI=1S/C12H18N2O3/c13-7-3-4-8-14-11(15)9-5-1-2-6-10(9)12(16)17/h9-10H,1-6,8H2,(H,14,15)(H,16,17). The number of amides is 1. The van der Waals surface area contributed by atoms with Crippen LogP contribution in [0.5, 0.6) is 0 Å². The Morgan fingerprint density at radius 2 is 1.94 bits per heavy atom. The number of rotatable bonds is 5. The molecule has 0 radical (unpaired) electrons. The van der Waals surface area contributed by atoms with Gasteiger partial charge in [0.1, 0.15) is 0 Å². The minimum Gasteiger partial charge on any atom is -0.481 e. The number of carboxylic acids is 1. The lowest BCUT2D eigenvalue weighted by Gasteiger charge is -2.27. The number of carbonyl (C=O) groups excluding carboxylic acids is 1. The highest BCUT2D eigenvalue weighted by atomic mass is 16.4. The Balaban J connectivity index is 2.42. The van der Waals surface area contributed by atoms with Gasteiger partial charge in [0, 0.05) is 13.0 Å². The first kappa shape index (κ1) is 13.5. The average Bonchev–Trinajstić information content (AvgIpc) is 2.34. The molecule has 1 saturated carbocycles. The van der Waals surface area contributed by atoms with E-state index in [1.54, 1.807) is 0 Å². The second kappa shape index (κ2) is 6.89. The smallest absolute Gasteiger partial charge is 0.307 e. The first-order chi connectivity index (χ1) is 8.16. The summed E-state index contributed by atoms with van der Waals surface area (Å²) in [7, 11) is 0. The summed E-state index contributed by atoms with van der Waals surface area (Å²) in [4.78, 5) is 22.8. The van der Waals surface area contributed by atoms with Crippen LogP contribution in [0.1, 0.15) is 38.5 Å². The van der Waals surface area contributed by atoms with Gasteiger partial charge in [0.2, 0.25) is 5.91 Å². The number of nitrogens with one attached hydrogen (secondary N) is 1. The van der Waals surface area contributed by atoms with Crippen molar-refractivity contribution in [2.75, 3.05) is 6.54 Å². The summed E-state index contributed by atoms with van der Waals surface area (Å²) in [5.74, 6) is -1.99. The molecule has 0 aromatic heterocycles. The fourth-order valence-electron chi connectivity index (χ4n) is 2.25. The maximum atomic E-state index is 11.8. The van der Waals surface area contributed by atoms with Crippen molar-refractivity contribution >= 4 is 11.9 Å². The molecule has 5 heteroatoms. The molecule has 17 heavy (non-hydrogen) atoms. The van der Waals surface area contributed by atoms with Gasteiger partial charge in [-0.15, -0.1) is 0 Å². The number of hydrogen-bond donors (Lipinski definition) is 2. The highest BCUT2D eigenvalue weighted by Gasteiger charge is 2.35. The van der Waals surface area contributed by atoms with E-state index in [2.05, 4.69) is 5.32 Å². The second-order valence-electron chi connectivity index (χ2n) is 4.39. The molecule has 2 atom stereocenters. The van der Waals surface area contributed by atoms with E-state index < -0.39 is 17.8 Å². The summed E-state index contributed by atoms with van der Waals surface area (Å²) in [5.41, 5.74) is 0. The van der Waals surface area contributed by atoms with E-state index in [1.807, 2.05) is 6.07 Å². The first-order valence-electron chi connectivity index (χ1n) is 6.04. The number of unbranched alkanes of at least 4 members (excludes halogenated alkanes) is 1. The fourth-order valence-corrected chi connectivity index (χ4v) is 2.25. The van der Waals surface area contributed by atoms with Crippen LogP contribution in [-0.2, 0) is 9.59 Å². The molecular formula is C12H18N2O3. The highest BCUT2D eigenvalue weighted by Crippen LogP contribution is 2.30. The topological polar surface area (TPSA) is 90.2 Å². The number of nitriles is 1. The number of aliphatic carboxylic acids is 1. The van der Waals surface area contributed by atoms with Crippen molar-refractivity contribution in [3.8, 4) is 6.07 Å². The van der Waals surface area contributed by atoms with E-state index >= 15 is 0 Å². The van der Waals surface area contributed by atoms with Crippen molar-refractivity contribution in [2.45, 2.75) is 38.5 Å². The van der Waals surface area contributed by atoms with Crippen LogP contribution in [0, 0.1) is 23.2 Å². The average molecular weight is 238 g/mol. The molecule has 0 bridgehead atoms. The molecule has 0 aromatic rings. The van der Waals surface area contributed by atoms with Gasteiger partial charge in [0.25, 0.3) is 0 Å². The Bertz CT molecular complexity index is 322. The quantitative estimate of drug-likeness (QED) is 0.706. The van der Waals surface area contributed by atoms with Crippen molar-refractivity contribution in [1.29, 1.82) is 5.26 Å². The molecule has 1 fully saturated rings. The molecule has 2 unspecified atom stereocenters. The minimum atomic E-state index is -0.873. The Morgan fingerprint density at radius 1 is 1.29 bits per heavy atom. The Hall–Kier alpha value is -1.57. The van der Waals surface area contributed by atoms with Gasteiger partial charge in [0.15, 0.2) is 0 Å². The van der Waals surface area contributed by atoms with Crippen molar-refractivity contribution in [2.24, 2.45) is 11.8 Å². The molecule has 2 N–H and O–H groups in total. The Labute approximate surface area is 101 Å². The third-order valence-electron chi connectivity index (χ3n) is 3.18. The molecule has 0 aliphatic heterocycles. The molecule has 1 aliphatic rings. The van der Waals surface area contributed by atoms with E-state index in [4.69, 9.17) is 10.4 Å². The maximum Gasteiger partial charge on any atom is 0.307 e. The van der Waals surface area contributed by atoms with Crippen LogP contribution in [-0.4, -0.2) is 23.5 Å². The van der Waals surface area contributed by atoms with E-state index in [-0.39, 0.29) is 5.91 Å². The normalized spacial score (nSPS) is 23.7. The molecule has 1 amide bonds. The molecule has 0 saturated heterocycles. The van der Waals surface area contributed by atoms with Gasteiger partial charge in [-0.1, -0.05) is 12.8 Å². The zero-order valence-corrected chi connectivity index (χ0v) is 9.82. The van der Waals surface area contributed by atoms with Gasteiger partial charge in [-0.25, -0.2) is 0 Å². The largest absolute Gasteiger partial charge is 0.481 e. The zero-order valence-electron chi connectivity index (χ0n) is 9.82. The summed E-state index contributed by atoms with van der Waals surface area (Å²) >= 11 is 0. The summed E-state index contributed by atoms with van der Waals surface area (Å²) in [6.45, 7) is 0.454. The van der Waals surface area contributed by atoms with Crippen LogP contribution in [0.4, 0.5) is 0 Å². The Kier molecular flexibility index (Phi) is 5.47. The molecule has 0 aromatic carbocycles. The number of hydrogen-bond acceptors (Lipinski definition) is 3. The van der Waals surface area contributed by atoms with Crippen LogP contribution >= 0.6 is 0 Å². The lowest BCUT2D eigenvalue weighted by molar-refractivity contribution is -0.148. The van der Waals surface area contributed by atoms with Crippen LogP contribution < -0.4 is 5.32 Å². The number of carboxylic acid groups (broad SMARTS) is 1. The minimum absolute atomic E-state index is 0.171. The molecular weight excluding hydrogens is 220 g/mol. The van der Waals surface area contributed by atoms with E-state index in [9.17, 15) is 9.59 Å². The van der Waals surface area contributed by atoms with Gasteiger partial charge >= 0.3 is 5.97 Å². The predicted molar refractivity (Wildman–Crippen MR) is 60.9 cm³/mol. The van der Waals surface area contributed by atoms with Gasteiger partial charge < -0.3 is 10.4 Å². The first-order valence-corrected chi connectivity index (χ1v) is 6.04. The fraction of sp³-hybridized carbons (Fsp3) is 0.750. The van der Waals surface area contributed by atoms with Crippen LogP contribution in [0.15, 0.2) is 0 Å². The lowest BCUT2D eigenvalue weighted by Crippen LogP contribution is -2.40. The van der Waals surface area contributed by atoms with E-state index in [0.717, 1.165) is 12.8 Å². The van der Waals surface area contributed by atoms with Gasteiger partial charge in [-0.05, 0) is 19.3 Å². The molecule has 5 nitrogen and oxygen atoms in total. The van der Waals surface area contributed by atoms with Crippen molar-refractivity contribution in [3.63, 3.8) is 0 Å². The third kappa shape index (κ3) is 4.06. The van der Waals surface area contributed by atoms with Gasteiger partial charge in [-0.2, -0.15) is 5.26 Å². The van der Waals surface area contributed by atoms with Crippen molar-refractivity contribution in [1.82, 2.24) is 5.32 Å². The van der Waals surface area contributed by atoms with E-state index in [0.29, 0.717) is 32.2 Å². The Morgan fingerprint density at radius 3 is 2.53 bits per heavy atom. The van der Waals surface area contributed by atoms with E-state index in [1.165, 1.54) is 0 Å². The highest BCUT2D eigenvalue weighted by molar-refractivity contribution is 5.84. The summed E-state index contributed by atoms with van der Waals surface area (Å²) in [6, 6.07) is 2.00. The summed E-state index contributed by atoms with van der Waals surface area (Å²) < 4.78 is 0. The monoisotopic (exact) mass is 238 g/mol. The third-order valence-corrected chi connectivity index (χ3v) is 3.18.